The SMILES string of the molecule is CCCC1CCCC2=C1C=CCC2. The quantitative estimate of drug-likeness (QED) is 0.590. The molecule has 2 aliphatic carbocycles. The van der Waals surface area contributed by atoms with Crippen LogP contribution >= 0.6 is 0 Å². The third kappa shape index (κ3) is 1.87. The minimum absolute atomic E-state index is 0.908. The molecule has 0 radical (unpaired) electrons. The summed E-state index contributed by atoms with van der Waals surface area (Å²) in [6.07, 6.45) is 14.4. The van der Waals surface area contributed by atoms with E-state index in [2.05, 4.69) is 19.1 Å². The highest BCUT2D eigenvalue weighted by molar-refractivity contribution is 5.33. The zero-order chi connectivity index (χ0) is 9.10. The van der Waals surface area contributed by atoms with Crippen molar-refractivity contribution in [2.45, 2.75) is 51.9 Å². The standard InChI is InChI=1S/C13H20/c1-2-6-11-8-5-9-12-7-3-4-10-13(11)12/h4,10-11H,2-3,5-9H2,1H3. The molecule has 0 fully saturated rings. The van der Waals surface area contributed by atoms with Gasteiger partial charge in [0.05, 0.1) is 0 Å². The molecule has 13 heavy (non-hydrogen) atoms. The van der Waals surface area contributed by atoms with Crippen LogP contribution in [-0.4, -0.2) is 0 Å². The summed E-state index contributed by atoms with van der Waals surface area (Å²) < 4.78 is 0. The molecule has 0 heteroatoms. The van der Waals surface area contributed by atoms with E-state index in [1.807, 2.05) is 0 Å². The molecule has 0 aliphatic heterocycles. The Bertz CT molecular complexity index is 232. The summed E-state index contributed by atoms with van der Waals surface area (Å²) in [5.41, 5.74) is 3.51. The molecule has 0 heterocycles. The molecule has 0 spiro atoms. The van der Waals surface area contributed by atoms with Gasteiger partial charge in [-0.25, -0.2) is 0 Å². The van der Waals surface area contributed by atoms with Crippen molar-refractivity contribution in [2.75, 3.05) is 0 Å². The molecule has 0 amide bonds. The van der Waals surface area contributed by atoms with E-state index in [1.54, 1.807) is 11.1 Å². The second-order valence-corrected chi connectivity index (χ2v) is 4.38. The van der Waals surface area contributed by atoms with Crippen LogP contribution in [0.4, 0.5) is 0 Å². The highest BCUT2D eigenvalue weighted by Crippen LogP contribution is 2.37. The van der Waals surface area contributed by atoms with Gasteiger partial charge in [-0.1, -0.05) is 31.1 Å². The van der Waals surface area contributed by atoms with Crippen LogP contribution in [0.5, 0.6) is 0 Å². The molecule has 1 atom stereocenters. The first-order valence-electron chi connectivity index (χ1n) is 5.80. The van der Waals surface area contributed by atoms with Gasteiger partial charge in [-0.3, -0.25) is 0 Å². The molecule has 0 aromatic rings. The van der Waals surface area contributed by atoms with E-state index in [0.29, 0.717) is 0 Å². The van der Waals surface area contributed by atoms with Crippen LogP contribution in [-0.2, 0) is 0 Å². The Balaban J connectivity index is 2.15. The van der Waals surface area contributed by atoms with E-state index in [9.17, 15) is 0 Å². The first-order chi connectivity index (χ1) is 6.42. The fourth-order valence-corrected chi connectivity index (χ4v) is 2.79. The van der Waals surface area contributed by atoms with Gasteiger partial charge < -0.3 is 0 Å². The molecular weight excluding hydrogens is 156 g/mol. The van der Waals surface area contributed by atoms with Crippen molar-refractivity contribution < 1.29 is 0 Å². The smallest absolute Gasteiger partial charge is 0.0163 e. The zero-order valence-electron chi connectivity index (χ0n) is 8.68. The van der Waals surface area contributed by atoms with Gasteiger partial charge in [0.1, 0.15) is 0 Å². The molecular formula is C13H20. The Morgan fingerprint density at radius 2 is 2.31 bits per heavy atom. The van der Waals surface area contributed by atoms with Crippen molar-refractivity contribution >= 4 is 0 Å². The zero-order valence-corrected chi connectivity index (χ0v) is 8.68. The van der Waals surface area contributed by atoms with E-state index >= 15 is 0 Å². The van der Waals surface area contributed by atoms with E-state index in [4.69, 9.17) is 0 Å². The lowest BCUT2D eigenvalue weighted by atomic mass is 9.77. The maximum absolute atomic E-state index is 2.42. The fourth-order valence-electron chi connectivity index (χ4n) is 2.79. The first kappa shape index (κ1) is 9.05. The molecule has 0 nitrogen and oxygen atoms in total. The van der Waals surface area contributed by atoms with E-state index in [1.165, 1.54) is 44.9 Å². The highest BCUT2D eigenvalue weighted by atomic mass is 14.3. The van der Waals surface area contributed by atoms with Crippen LogP contribution in [0.2, 0.25) is 0 Å². The predicted octanol–water partition coefficient (Wildman–Crippen LogP) is 4.23. The van der Waals surface area contributed by atoms with Gasteiger partial charge >= 0.3 is 0 Å². The maximum atomic E-state index is 2.42. The van der Waals surface area contributed by atoms with Gasteiger partial charge in [0.15, 0.2) is 0 Å². The normalized spacial score (nSPS) is 27.6. The number of allylic oxidation sites excluding steroid dienone is 4. The first-order valence-corrected chi connectivity index (χ1v) is 5.80. The minimum Gasteiger partial charge on any atom is -0.0839 e. The Hall–Kier alpha value is -0.520. The number of rotatable bonds is 2. The molecule has 0 bridgehead atoms. The maximum Gasteiger partial charge on any atom is -0.0163 e. The fraction of sp³-hybridized carbons (Fsp3) is 0.692. The van der Waals surface area contributed by atoms with Gasteiger partial charge in [0.25, 0.3) is 0 Å². The Labute approximate surface area is 81.7 Å². The van der Waals surface area contributed by atoms with Crippen LogP contribution in [0, 0.1) is 5.92 Å². The summed E-state index contributed by atoms with van der Waals surface area (Å²) in [7, 11) is 0. The molecule has 0 saturated heterocycles. The Kier molecular flexibility index (Phi) is 2.87. The van der Waals surface area contributed by atoms with Crippen LogP contribution < -0.4 is 0 Å². The summed E-state index contributed by atoms with van der Waals surface area (Å²) in [5.74, 6) is 0.908. The van der Waals surface area contributed by atoms with Crippen molar-refractivity contribution in [2.24, 2.45) is 5.92 Å². The molecule has 0 aromatic heterocycles. The van der Waals surface area contributed by atoms with Gasteiger partial charge in [-0.15, -0.1) is 0 Å². The Morgan fingerprint density at radius 1 is 1.38 bits per heavy atom. The largest absolute Gasteiger partial charge is 0.0839 e. The molecule has 2 aliphatic rings. The van der Waals surface area contributed by atoms with Crippen LogP contribution in [0.15, 0.2) is 23.3 Å². The number of hydrogen-bond acceptors (Lipinski definition) is 0. The van der Waals surface area contributed by atoms with Gasteiger partial charge in [0, 0.05) is 0 Å². The summed E-state index contributed by atoms with van der Waals surface area (Å²) in [4.78, 5) is 0. The van der Waals surface area contributed by atoms with Crippen molar-refractivity contribution in [3.63, 3.8) is 0 Å². The van der Waals surface area contributed by atoms with Gasteiger partial charge in [-0.2, -0.15) is 0 Å². The Morgan fingerprint density at radius 3 is 3.15 bits per heavy atom. The predicted molar refractivity (Wildman–Crippen MR) is 57.6 cm³/mol. The lowest BCUT2D eigenvalue weighted by Gasteiger charge is -2.28. The summed E-state index contributed by atoms with van der Waals surface area (Å²) in [6.45, 7) is 2.31. The van der Waals surface area contributed by atoms with Crippen LogP contribution in [0.1, 0.15) is 51.9 Å². The van der Waals surface area contributed by atoms with Gasteiger partial charge in [0.2, 0.25) is 0 Å². The third-order valence-corrected chi connectivity index (χ3v) is 3.43. The molecule has 72 valence electrons. The highest BCUT2D eigenvalue weighted by Gasteiger charge is 2.21. The van der Waals surface area contributed by atoms with Crippen LogP contribution in [0.25, 0.3) is 0 Å². The molecule has 0 N–H and O–H groups in total. The number of hydrogen-bond donors (Lipinski definition) is 0. The average Bonchev–Trinajstić information content (AvgIpc) is 2.19. The summed E-state index contributed by atoms with van der Waals surface area (Å²) in [6, 6.07) is 0. The van der Waals surface area contributed by atoms with Crippen molar-refractivity contribution in [1.29, 1.82) is 0 Å². The van der Waals surface area contributed by atoms with E-state index in [-0.39, 0.29) is 0 Å². The van der Waals surface area contributed by atoms with E-state index in [0.717, 1.165) is 5.92 Å². The molecule has 0 saturated carbocycles. The minimum atomic E-state index is 0.908. The molecule has 1 unspecified atom stereocenters. The van der Waals surface area contributed by atoms with Crippen molar-refractivity contribution in [3.8, 4) is 0 Å². The summed E-state index contributed by atoms with van der Waals surface area (Å²) >= 11 is 0. The van der Waals surface area contributed by atoms with Crippen LogP contribution in [0.3, 0.4) is 0 Å². The topological polar surface area (TPSA) is 0 Å². The monoisotopic (exact) mass is 176 g/mol. The summed E-state index contributed by atoms with van der Waals surface area (Å²) in [5, 5.41) is 0. The van der Waals surface area contributed by atoms with Gasteiger partial charge in [-0.05, 0) is 50.0 Å². The molecule has 0 aromatic carbocycles. The average molecular weight is 176 g/mol. The lowest BCUT2D eigenvalue weighted by Crippen LogP contribution is -2.12. The lowest BCUT2D eigenvalue weighted by molar-refractivity contribution is 0.462. The van der Waals surface area contributed by atoms with Crippen molar-refractivity contribution in [3.05, 3.63) is 23.3 Å². The second kappa shape index (κ2) is 4.13. The second-order valence-electron chi connectivity index (χ2n) is 4.38. The molecule has 2 rings (SSSR count). The van der Waals surface area contributed by atoms with Crippen molar-refractivity contribution in [1.82, 2.24) is 0 Å². The third-order valence-electron chi connectivity index (χ3n) is 3.43. The van der Waals surface area contributed by atoms with E-state index < -0.39 is 0 Å².